The molecule has 0 bridgehead atoms. The first kappa shape index (κ1) is 25.3. The van der Waals surface area contributed by atoms with Gasteiger partial charge in [0.15, 0.2) is 0 Å². The van der Waals surface area contributed by atoms with E-state index in [9.17, 15) is 0 Å². The van der Waals surface area contributed by atoms with E-state index in [0.29, 0.717) is 11.4 Å². The Balaban J connectivity index is 1.29. The van der Waals surface area contributed by atoms with Gasteiger partial charge in [-0.3, -0.25) is 5.41 Å². The minimum Gasteiger partial charge on any atom is -0.298 e. The van der Waals surface area contributed by atoms with Gasteiger partial charge in [0.25, 0.3) is 0 Å². The molecule has 6 heteroatoms. The number of hydrogen-bond acceptors (Lipinski definition) is 6. The van der Waals surface area contributed by atoms with Crippen molar-refractivity contribution in [1.29, 1.82) is 5.41 Å². The van der Waals surface area contributed by atoms with E-state index < -0.39 is 0 Å². The number of fused-ring (bicyclic) bond motifs is 6. The molecule has 1 aliphatic rings. The number of benzene rings is 4. The van der Waals surface area contributed by atoms with Gasteiger partial charge < -0.3 is 0 Å². The number of aromatic nitrogens is 3. The zero-order valence-electron chi connectivity index (χ0n) is 22.9. The minimum atomic E-state index is 0.342. The van der Waals surface area contributed by atoms with Gasteiger partial charge in [0, 0.05) is 44.0 Å². The van der Waals surface area contributed by atoms with Crippen LogP contribution in [0.3, 0.4) is 0 Å². The lowest BCUT2D eigenvalue weighted by Crippen LogP contribution is -2.18. The summed E-state index contributed by atoms with van der Waals surface area (Å²) in [6.07, 6.45) is 3.81. The molecule has 1 N–H and O–H groups in total. The molecule has 1 aliphatic carbocycles. The Morgan fingerprint density at radius 3 is 1.95 bits per heavy atom. The molecule has 0 saturated carbocycles. The smallest absolute Gasteiger partial charge is 0.0972 e. The summed E-state index contributed by atoms with van der Waals surface area (Å²) >= 11 is 4.10. The topological polar surface area (TPSA) is 74.9 Å². The van der Waals surface area contributed by atoms with E-state index in [0.717, 1.165) is 77.6 Å². The van der Waals surface area contributed by atoms with Crippen LogP contribution in [0.15, 0.2) is 126 Å². The number of nitrogens with zero attached hydrogens (tertiary/aromatic N) is 4. The van der Waals surface area contributed by atoms with Crippen molar-refractivity contribution in [2.45, 2.75) is 0 Å². The maximum Gasteiger partial charge on any atom is 0.0972 e. The van der Waals surface area contributed by atoms with E-state index in [1.807, 2.05) is 60.7 Å². The first-order valence-corrected chi connectivity index (χ1v) is 14.4. The van der Waals surface area contributed by atoms with E-state index in [1.165, 1.54) is 0 Å². The fraction of sp³-hybridized carbons (Fsp3) is 0. The van der Waals surface area contributed by atoms with Crippen LogP contribution in [0, 0.1) is 5.41 Å². The van der Waals surface area contributed by atoms with Crippen LogP contribution in [0.2, 0.25) is 0 Å². The van der Waals surface area contributed by atoms with Crippen molar-refractivity contribution in [3.63, 3.8) is 0 Å². The lowest BCUT2D eigenvalue weighted by Gasteiger charge is -2.19. The number of nitrogens with one attached hydrogen (secondary N) is 1. The van der Waals surface area contributed by atoms with Gasteiger partial charge in [-0.2, -0.15) is 0 Å². The highest BCUT2D eigenvalue weighted by molar-refractivity contribution is 7.79. The zero-order chi connectivity index (χ0) is 28.9. The normalized spacial score (nSPS) is 13.7. The molecule has 43 heavy (non-hydrogen) atoms. The van der Waals surface area contributed by atoms with Gasteiger partial charge in [-0.15, -0.1) is 0 Å². The molecule has 0 fully saturated rings. The Labute approximate surface area is 253 Å². The van der Waals surface area contributed by atoms with Gasteiger partial charge in [-0.25, -0.2) is 19.3 Å². The van der Waals surface area contributed by atoms with Crippen LogP contribution in [0.4, 0.5) is 0 Å². The van der Waals surface area contributed by atoms with Crippen molar-refractivity contribution in [1.82, 2.24) is 15.0 Å². The Morgan fingerprint density at radius 2 is 1.21 bits per heavy atom. The number of hydrogen-bond donors (Lipinski definition) is 2. The maximum absolute atomic E-state index is 8.88. The molecule has 0 radical (unpaired) electrons. The molecule has 0 amide bonds. The molecule has 3 heterocycles. The molecule has 202 valence electrons. The Kier molecular flexibility index (Phi) is 5.94. The van der Waals surface area contributed by atoms with Gasteiger partial charge >= 0.3 is 0 Å². The predicted octanol–water partition coefficient (Wildman–Crippen LogP) is 9.01. The molecule has 0 aliphatic heterocycles. The molecule has 0 spiro atoms. The van der Waals surface area contributed by atoms with Crippen molar-refractivity contribution >= 4 is 63.0 Å². The SMILES string of the molecule is N=C1C(=NS)C=Cc2c(-c3cccc(-c4ccc5ccc6ccc(-c7ccccc7)nc6c5n4)c3)nc3ccccc3c21. The van der Waals surface area contributed by atoms with Crippen LogP contribution in [0.1, 0.15) is 11.1 Å². The first-order chi connectivity index (χ1) is 21.2. The Morgan fingerprint density at radius 1 is 0.581 bits per heavy atom. The summed E-state index contributed by atoms with van der Waals surface area (Å²) in [5.41, 5.74) is 10.8. The zero-order valence-corrected chi connectivity index (χ0v) is 23.8. The molecule has 8 rings (SSSR count). The van der Waals surface area contributed by atoms with E-state index in [-0.39, 0.29) is 0 Å². The second-order valence-electron chi connectivity index (χ2n) is 10.5. The summed E-state index contributed by atoms with van der Waals surface area (Å²) < 4.78 is 4.03. The van der Waals surface area contributed by atoms with Gasteiger partial charge in [-0.05, 0) is 49.2 Å². The lowest BCUT2D eigenvalue weighted by atomic mass is 9.88. The number of rotatable bonds is 3. The third kappa shape index (κ3) is 4.23. The second kappa shape index (κ2) is 10.1. The first-order valence-electron chi connectivity index (χ1n) is 14.0. The summed E-state index contributed by atoms with van der Waals surface area (Å²) in [5, 5.41) is 11.9. The van der Waals surface area contributed by atoms with Crippen molar-refractivity contribution in [3.8, 4) is 33.8 Å². The highest BCUT2D eigenvalue weighted by Crippen LogP contribution is 2.36. The van der Waals surface area contributed by atoms with Crippen LogP contribution in [0.25, 0.3) is 72.6 Å². The quantitative estimate of drug-likeness (QED) is 0.165. The largest absolute Gasteiger partial charge is 0.298 e. The van der Waals surface area contributed by atoms with Crippen LogP contribution >= 0.6 is 12.8 Å². The van der Waals surface area contributed by atoms with Gasteiger partial charge in [0.1, 0.15) is 0 Å². The predicted molar refractivity (Wildman–Crippen MR) is 181 cm³/mol. The minimum absolute atomic E-state index is 0.342. The number of para-hydroxylation sites is 1. The van der Waals surface area contributed by atoms with Crippen LogP contribution in [0.5, 0.6) is 0 Å². The van der Waals surface area contributed by atoms with Crippen molar-refractivity contribution in [2.24, 2.45) is 4.40 Å². The fourth-order valence-corrected chi connectivity index (χ4v) is 6.03. The van der Waals surface area contributed by atoms with E-state index >= 15 is 0 Å². The summed E-state index contributed by atoms with van der Waals surface area (Å²) in [7, 11) is 0. The van der Waals surface area contributed by atoms with Gasteiger partial charge in [-0.1, -0.05) is 91.0 Å². The van der Waals surface area contributed by atoms with E-state index in [2.05, 4.69) is 83.9 Å². The highest BCUT2D eigenvalue weighted by Gasteiger charge is 2.23. The summed E-state index contributed by atoms with van der Waals surface area (Å²) in [6, 6.07) is 39.0. The summed E-state index contributed by atoms with van der Waals surface area (Å²) in [4.78, 5) is 15.3. The molecule has 7 aromatic rings. The van der Waals surface area contributed by atoms with Gasteiger partial charge in [0.2, 0.25) is 0 Å². The molecule has 0 atom stereocenters. The van der Waals surface area contributed by atoms with Gasteiger partial charge in [0.05, 0.1) is 45.1 Å². The second-order valence-corrected chi connectivity index (χ2v) is 10.7. The van der Waals surface area contributed by atoms with E-state index in [4.69, 9.17) is 20.4 Å². The average molecular weight is 570 g/mol. The Hall–Kier alpha value is -5.46. The lowest BCUT2D eigenvalue weighted by molar-refractivity contribution is 1.35. The monoisotopic (exact) mass is 569 g/mol. The number of allylic oxidation sites excluding steroid dienone is 1. The van der Waals surface area contributed by atoms with Crippen molar-refractivity contribution in [3.05, 3.63) is 132 Å². The molecule has 0 saturated heterocycles. The standard InChI is InChI=1S/C37H23N5S/c38-34-32(42-43)20-17-28-33(34)27-11-4-5-12-31(27)41-35(28)26-10-6-9-25(21-26)30-19-16-24-14-13-23-15-18-29(22-7-2-1-3-8-22)39-36(23)37(24)40-30/h1-21,38,43H. The van der Waals surface area contributed by atoms with Crippen molar-refractivity contribution in [2.75, 3.05) is 0 Å². The summed E-state index contributed by atoms with van der Waals surface area (Å²) in [5.74, 6) is 0. The third-order valence-corrected chi connectivity index (χ3v) is 8.19. The molecular weight excluding hydrogens is 547 g/mol. The number of thiol groups is 1. The van der Waals surface area contributed by atoms with Crippen molar-refractivity contribution < 1.29 is 0 Å². The van der Waals surface area contributed by atoms with E-state index in [1.54, 1.807) is 0 Å². The molecule has 3 aromatic heterocycles. The number of pyridine rings is 3. The molecular formula is C37H23N5S. The molecule has 5 nitrogen and oxygen atoms in total. The molecule has 0 unspecified atom stereocenters. The fourth-order valence-electron chi connectivity index (χ4n) is 5.86. The maximum atomic E-state index is 8.88. The Bertz CT molecular complexity index is 2320. The highest BCUT2D eigenvalue weighted by atomic mass is 32.1. The van der Waals surface area contributed by atoms with Crippen LogP contribution in [-0.2, 0) is 0 Å². The van der Waals surface area contributed by atoms with Crippen LogP contribution < -0.4 is 0 Å². The van der Waals surface area contributed by atoms with Crippen LogP contribution in [-0.4, -0.2) is 26.4 Å². The summed E-state index contributed by atoms with van der Waals surface area (Å²) in [6.45, 7) is 0. The average Bonchev–Trinajstić information content (AvgIpc) is 3.08. The molecule has 4 aromatic carbocycles. The third-order valence-electron chi connectivity index (χ3n) is 7.97.